The Bertz CT molecular complexity index is 1430. The van der Waals surface area contributed by atoms with Gasteiger partial charge in [-0.25, -0.2) is 8.42 Å². The zero-order valence-electron chi connectivity index (χ0n) is 22.4. The van der Waals surface area contributed by atoms with E-state index < -0.39 is 28.5 Å². The molecule has 10 heteroatoms. The number of nitrogens with one attached hydrogen (secondary N) is 1. The lowest BCUT2D eigenvalue weighted by Crippen LogP contribution is -2.52. The van der Waals surface area contributed by atoms with E-state index in [1.165, 1.54) is 17.0 Å². The highest BCUT2D eigenvalue weighted by molar-refractivity contribution is 7.92. The number of benzene rings is 3. The van der Waals surface area contributed by atoms with Crippen molar-refractivity contribution >= 4 is 50.7 Å². The van der Waals surface area contributed by atoms with Crippen molar-refractivity contribution in [3.8, 4) is 0 Å². The standard InChI is InChI=1S/C29H33Cl2N3O4S/c1-5-26(29(36)32-6-2)33(18-22-14-15-23(30)17-25(22)31)28(35)19-34(27-16-20(3)12-13-21(27)4)39(37,38)24-10-8-7-9-11-24/h7-17,26H,5-6,18-19H2,1-4H3,(H,32,36)/t26-/m1/s1. The van der Waals surface area contributed by atoms with Crippen LogP contribution in [0.1, 0.15) is 37.0 Å². The molecule has 0 saturated heterocycles. The van der Waals surface area contributed by atoms with Gasteiger partial charge in [0.1, 0.15) is 12.6 Å². The monoisotopic (exact) mass is 589 g/mol. The molecule has 208 valence electrons. The molecule has 0 unspecified atom stereocenters. The molecule has 0 spiro atoms. The Hall–Kier alpha value is -3.07. The van der Waals surface area contributed by atoms with Crippen LogP contribution in [0.4, 0.5) is 5.69 Å². The fourth-order valence-electron chi connectivity index (χ4n) is 4.27. The maximum Gasteiger partial charge on any atom is 0.264 e. The summed E-state index contributed by atoms with van der Waals surface area (Å²) in [7, 11) is -4.13. The first kappa shape index (κ1) is 30.5. The molecule has 3 aromatic carbocycles. The average Bonchev–Trinajstić information content (AvgIpc) is 2.90. The zero-order valence-corrected chi connectivity index (χ0v) is 24.8. The van der Waals surface area contributed by atoms with Gasteiger partial charge >= 0.3 is 0 Å². The lowest BCUT2D eigenvalue weighted by Gasteiger charge is -2.33. The van der Waals surface area contributed by atoms with Crippen LogP contribution in [-0.2, 0) is 26.2 Å². The summed E-state index contributed by atoms with van der Waals surface area (Å²) in [6, 6.07) is 17.5. The van der Waals surface area contributed by atoms with E-state index in [0.717, 1.165) is 9.87 Å². The third-order valence-corrected chi connectivity index (χ3v) is 8.70. The number of aryl methyl sites for hydroxylation is 2. The Morgan fingerprint density at radius 2 is 1.64 bits per heavy atom. The molecule has 3 aromatic rings. The summed E-state index contributed by atoms with van der Waals surface area (Å²) in [5.41, 5.74) is 2.51. The minimum absolute atomic E-state index is 0.00347. The molecule has 2 amide bonds. The van der Waals surface area contributed by atoms with Gasteiger partial charge in [-0.3, -0.25) is 13.9 Å². The van der Waals surface area contributed by atoms with E-state index >= 15 is 0 Å². The number of hydrogen-bond donors (Lipinski definition) is 1. The first-order valence-electron chi connectivity index (χ1n) is 12.7. The number of anilines is 1. The summed E-state index contributed by atoms with van der Waals surface area (Å²) >= 11 is 12.5. The van der Waals surface area contributed by atoms with Crippen molar-refractivity contribution in [2.24, 2.45) is 0 Å². The Balaban J connectivity index is 2.11. The molecular formula is C29H33Cl2N3O4S. The highest BCUT2D eigenvalue weighted by Gasteiger charge is 2.34. The van der Waals surface area contributed by atoms with Crippen molar-refractivity contribution in [3.05, 3.63) is 93.5 Å². The van der Waals surface area contributed by atoms with E-state index in [1.54, 1.807) is 63.2 Å². The molecule has 0 fully saturated rings. The Kier molecular flexibility index (Phi) is 10.4. The van der Waals surface area contributed by atoms with Crippen LogP contribution in [0.15, 0.2) is 71.6 Å². The lowest BCUT2D eigenvalue weighted by atomic mass is 10.1. The molecule has 0 heterocycles. The van der Waals surface area contributed by atoms with Gasteiger partial charge in [-0.2, -0.15) is 0 Å². The van der Waals surface area contributed by atoms with Gasteiger partial charge in [0, 0.05) is 23.1 Å². The highest BCUT2D eigenvalue weighted by atomic mass is 35.5. The number of halogens is 2. The smallest absolute Gasteiger partial charge is 0.264 e. The SMILES string of the molecule is CCNC(=O)[C@@H](CC)N(Cc1ccc(Cl)cc1Cl)C(=O)CN(c1cc(C)ccc1C)S(=O)(=O)c1ccccc1. The maximum atomic E-state index is 14.1. The molecule has 0 aliphatic carbocycles. The highest BCUT2D eigenvalue weighted by Crippen LogP contribution is 2.29. The summed E-state index contributed by atoms with van der Waals surface area (Å²) in [4.78, 5) is 28.5. The lowest BCUT2D eigenvalue weighted by molar-refractivity contribution is -0.140. The summed E-state index contributed by atoms with van der Waals surface area (Å²) in [6.07, 6.45) is 0.317. The van der Waals surface area contributed by atoms with Gasteiger partial charge < -0.3 is 10.2 Å². The van der Waals surface area contributed by atoms with Crippen molar-refractivity contribution in [1.82, 2.24) is 10.2 Å². The van der Waals surface area contributed by atoms with Crippen LogP contribution in [0, 0.1) is 13.8 Å². The number of rotatable bonds is 11. The van der Waals surface area contributed by atoms with Crippen LogP contribution in [0.5, 0.6) is 0 Å². The molecule has 0 aliphatic heterocycles. The fourth-order valence-corrected chi connectivity index (χ4v) is 6.23. The third-order valence-electron chi connectivity index (χ3n) is 6.34. The van der Waals surface area contributed by atoms with Crippen LogP contribution < -0.4 is 9.62 Å². The minimum atomic E-state index is -4.13. The van der Waals surface area contributed by atoms with Crippen LogP contribution in [0.25, 0.3) is 0 Å². The predicted octanol–water partition coefficient (Wildman–Crippen LogP) is 5.75. The number of likely N-dealkylation sites (N-methyl/N-ethyl adjacent to an activating group) is 1. The summed E-state index contributed by atoms with van der Waals surface area (Å²) in [5, 5.41) is 3.56. The molecule has 0 aromatic heterocycles. The number of amides is 2. The van der Waals surface area contributed by atoms with Crippen LogP contribution in [0.3, 0.4) is 0 Å². The summed E-state index contributed by atoms with van der Waals surface area (Å²) in [5.74, 6) is -0.873. The topological polar surface area (TPSA) is 86.8 Å². The van der Waals surface area contributed by atoms with Crippen molar-refractivity contribution < 1.29 is 18.0 Å². The zero-order chi connectivity index (χ0) is 28.7. The Morgan fingerprint density at radius 1 is 0.949 bits per heavy atom. The quantitative estimate of drug-likeness (QED) is 0.308. The number of sulfonamides is 1. The first-order valence-corrected chi connectivity index (χ1v) is 14.8. The van der Waals surface area contributed by atoms with E-state index in [-0.39, 0.29) is 17.3 Å². The van der Waals surface area contributed by atoms with E-state index in [1.807, 2.05) is 19.1 Å². The second-order valence-electron chi connectivity index (χ2n) is 9.19. The predicted molar refractivity (Wildman–Crippen MR) is 157 cm³/mol. The van der Waals surface area contributed by atoms with Gasteiger partial charge in [-0.05, 0) is 74.2 Å². The first-order chi connectivity index (χ1) is 18.5. The molecule has 1 N–H and O–H groups in total. The van der Waals surface area contributed by atoms with Gasteiger partial charge in [0.2, 0.25) is 11.8 Å². The molecule has 0 saturated carbocycles. The molecule has 1 atom stereocenters. The largest absolute Gasteiger partial charge is 0.355 e. The van der Waals surface area contributed by atoms with Gasteiger partial charge in [-0.15, -0.1) is 0 Å². The Labute approximate surface area is 240 Å². The van der Waals surface area contributed by atoms with Crippen molar-refractivity contribution in [3.63, 3.8) is 0 Å². The normalized spacial score (nSPS) is 12.1. The van der Waals surface area contributed by atoms with Gasteiger partial charge in [0.15, 0.2) is 0 Å². The second kappa shape index (κ2) is 13.3. The van der Waals surface area contributed by atoms with Crippen LogP contribution in [-0.4, -0.2) is 44.3 Å². The third kappa shape index (κ3) is 7.32. The van der Waals surface area contributed by atoms with Gasteiger partial charge in [0.05, 0.1) is 10.6 Å². The van der Waals surface area contributed by atoms with Gasteiger partial charge in [0.25, 0.3) is 10.0 Å². The molecular weight excluding hydrogens is 557 g/mol. The van der Waals surface area contributed by atoms with E-state index in [0.29, 0.717) is 39.8 Å². The van der Waals surface area contributed by atoms with Crippen LogP contribution in [0.2, 0.25) is 10.0 Å². The molecule has 0 radical (unpaired) electrons. The van der Waals surface area contributed by atoms with E-state index in [4.69, 9.17) is 23.2 Å². The number of hydrogen-bond acceptors (Lipinski definition) is 4. The second-order valence-corrected chi connectivity index (χ2v) is 11.9. The molecule has 7 nitrogen and oxygen atoms in total. The van der Waals surface area contributed by atoms with Gasteiger partial charge in [-0.1, -0.05) is 66.5 Å². The summed E-state index contributed by atoms with van der Waals surface area (Å²) < 4.78 is 29.0. The molecule has 0 aliphatic rings. The minimum Gasteiger partial charge on any atom is -0.355 e. The van der Waals surface area contributed by atoms with Crippen molar-refractivity contribution in [2.45, 2.75) is 51.6 Å². The number of carbonyl (C=O) groups is 2. The number of carbonyl (C=O) groups excluding carboxylic acids is 2. The molecule has 3 rings (SSSR count). The molecule has 0 bridgehead atoms. The fraction of sp³-hybridized carbons (Fsp3) is 0.310. The van der Waals surface area contributed by atoms with Crippen molar-refractivity contribution in [2.75, 3.05) is 17.4 Å². The number of nitrogens with zero attached hydrogens (tertiary/aromatic N) is 2. The van der Waals surface area contributed by atoms with Crippen LogP contribution >= 0.6 is 23.2 Å². The molecule has 39 heavy (non-hydrogen) atoms. The van der Waals surface area contributed by atoms with Crippen molar-refractivity contribution in [1.29, 1.82) is 0 Å². The average molecular weight is 591 g/mol. The Morgan fingerprint density at radius 3 is 2.26 bits per heavy atom. The summed E-state index contributed by atoms with van der Waals surface area (Å²) in [6.45, 7) is 7.11. The maximum absolute atomic E-state index is 14.1. The van der Waals surface area contributed by atoms with E-state index in [2.05, 4.69) is 5.32 Å². The van der Waals surface area contributed by atoms with E-state index in [9.17, 15) is 18.0 Å².